The second kappa shape index (κ2) is 11.6. The highest BCUT2D eigenvalue weighted by Crippen LogP contribution is 2.10. The lowest BCUT2D eigenvalue weighted by Gasteiger charge is -2.15. The topological polar surface area (TPSA) is 27.1 Å². The molecule has 0 N–H and O–H groups in total. The lowest BCUT2D eigenvalue weighted by Crippen LogP contribution is -2.17. The number of hydrogen-bond donors (Lipinski definition) is 0. The van der Waals surface area contributed by atoms with E-state index in [1.165, 1.54) is 44.2 Å². The van der Waals surface area contributed by atoms with Gasteiger partial charge in [-0.25, -0.2) is 9.37 Å². The van der Waals surface area contributed by atoms with Gasteiger partial charge in [-0.15, -0.1) is 0 Å². The van der Waals surface area contributed by atoms with Crippen LogP contribution >= 0.6 is 0 Å². The summed E-state index contributed by atoms with van der Waals surface area (Å²) in [4.78, 5) is 4.08. The molecule has 2 aromatic rings. The highest BCUT2D eigenvalue weighted by Gasteiger charge is 2.06. The summed E-state index contributed by atoms with van der Waals surface area (Å²) in [6, 6.07) is 6.49. The zero-order valence-corrected chi connectivity index (χ0v) is 15.1. The lowest BCUT2D eigenvalue weighted by atomic mass is 10.1. The van der Waals surface area contributed by atoms with Gasteiger partial charge in [-0.05, 0) is 24.1 Å². The molecule has 136 valence electrons. The molecule has 25 heavy (non-hydrogen) atoms. The maximum Gasteiger partial charge on any atom is 0.123 e. The van der Waals surface area contributed by atoms with Crippen molar-refractivity contribution in [3.05, 3.63) is 60.4 Å². The molecule has 3 nitrogen and oxygen atoms in total. The van der Waals surface area contributed by atoms with E-state index in [9.17, 15) is 4.39 Å². The minimum atomic E-state index is -0.216. The molecule has 0 amide bonds. The Bertz CT molecular complexity index is 593. The van der Waals surface area contributed by atoms with Gasteiger partial charge in [0, 0.05) is 19.0 Å². The fourth-order valence-corrected chi connectivity index (χ4v) is 2.68. The van der Waals surface area contributed by atoms with E-state index in [-0.39, 0.29) is 11.9 Å². The number of ether oxygens (including phenoxy) is 1. The van der Waals surface area contributed by atoms with Gasteiger partial charge >= 0.3 is 0 Å². The molecule has 2 rings (SSSR count). The van der Waals surface area contributed by atoms with Crippen LogP contribution < -0.4 is 0 Å². The van der Waals surface area contributed by atoms with Crippen LogP contribution in [-0.4, -0.2) is 22.3 Å². The predicted molar refractivity (Wildman–Crippen MR) is 101 cm³/mol. The van der Waals surface area contributed by atoms with Gasteiger partial charge in [0.05, 0.1) is 19.0 Å². The van der Waals surface area contributed by atoms with Crippen molar-refractivity contribution in [1.29, 1.82) is 0 Å². The molecule has 1 atom stereocenters. The maximum absolute atomic E-state index is 13.0. The van der Waals surface area contributed by atoms with E-state index in [0.717, 1.165) is 25.1 Å². The van der Waals surface area contributed by atoms with Crippen LogP contribution in [0.5, 0.6) is 0 Å². The van der Waals surface area contributed by atoms with E-state index in [1.807, 2.05) is 22.9 Å². The first-order valence-electron chi connectivity index (χ1n) is 9.29. The molecular formula is C21H29FN2O. The first kappa shape index (κ1) is 19.4. The summed E-state index contributed by atoms with van der Waals surface area (Å²) < 4.78 is 21.1. The van der Waals surface area contributed by atoms with Gasteiger partial charge in [-0.3, -0.25) is 0 Å². The third kappa shape index (κ3) is 8.12. The van der Waals surface area contributed by atoms with E-state index >= 15 is 0 Å². The van der Waals surface area contributed by atoms with Crippen molar-refractivity contribution in [3.63, 3.8) is 0 Å². The molecule has 1 unspecified atom stereocenters. The number of hydrogen-bond acceptors (Lipinski definition) is 2. The van der Waals surface area contributed by atoms with E-state index in [1.54, 1.807) is 24.7 Å². The van der Waals surface area contributed by atoms with Crippen molar-refractivity contribution in [1.82, 2.24) is 9.55 Å². The summed E-state index contributed by atoms with van der Waals surface area (Å²) in [6.45, 7) is 3.73. The average Bonchev–Trinajstić information content (AvgIpc) is 3.13. The Kier molecular flexibility index (Phi) is 8.98. The second-order valence-corrected chi connectivity index (χ2v) is 6.35. The zero-order valence-electron chi connectivity index (χ0n) is 15.1. The van der Waals surface area contributed by atoms with Gasteiger partial charge in [-0.1, -0.05) is 63.3 Å². The fourth-order valence-electron chi connectivity index (χ4n) is 2.68. The molecule has 4 heteroatoms. The number of nitrogens with zero attached hydrogens (tertiary/aromatic N) is 2. The van der Waals surface area contributed by atoms with E-state index in [4.69, 9.17) is 4.74 Å². The molecule has 0 bridgehead atoms. The second-order valence-electron chi connectivity index (χ2n) is 6.35. The smallest absolute Gasteiger partial charge is 0.123 e. The van der Waals surface area contributed by atoms with Crippen LogP contribution in [0.25, 0.3) is 6.08 Å². The maximum atomic E-state index is 13.0. The summed E-state index contributed by atoms with van der Waals surface area (Å²) in [5.41, 5.74) is 0.972. The van der Waals surface area contributed by atoms with Crippen molar-refractivity contribution < 1.29 is 9.13 Å². The molecule has 0 saturated heterocycles. The summed E-state index contributed by atoms with van der Waals surface area (Å²) in [5.74, 6) is -0.216. The van der Waals surface area contributed by atoms with Gasteiger partial charge in [0.1, 0.15) is 5.82 Å². The Labute approximate surface area is 150 Å². The number of halogens is 1. The van der Waals surface area contributed by atoms with Gasteiger partial charge in [0.25, 0.3) is 0 Å². The SMILES string of the molecule is CCCCCCCCOC(/C=C/c1ccc(F)cc1)Cn1ccnc1. The number of imidazole rings is 1. The van der Waals surface area contributed by atoms with E-state index < -0.39 is 0 Å². The third-order valence-corrected chi connectivity index (χ3v) is 4.15. The molecule has 0 aliphatic rings. The lowest BCUT2D eigenvalue weighted by molar-refractivity contribution is 0.0710. The third-order valence-electron chi connectivity index (χ3n) is 4.15. The summed E-state index contributed by atoms with van der Waals surface area (Å²) >= 11 is 0. The molecule has 0 aliphatic carbocycles. The van der Waals surface area contributed by atoms with Crippen molar-refractivity contribution in [3.8, 4) is 0 Å². The van der Waals surface area contributed by atoms with Crippen LogP contribution in [0.1, 0.15) is 51.0 Å². The van der Waals surface area contributed by atoms with E-state index in [2.05, 4.69) is 11.9 Å². The molecule has 1 aromatic heterocycles. The Morgan fingerprint density at radius 2 is 1.88 bits per heavy atom. The summed E-state index contributed by atoms with van der Waals surface area (Å²) in [5, 5.41) is 0. The summed E-state index contributed by atoms with van der Waals surface area (Å²) in [7, 11) is 0. The molecule has 0 radical (unpaired) electrons. The molecule has 0 aliphatic heterocycles. The molecule has 1 heterocycles. The molecule has 1 aromatic carbocycles. The van der Waals surface area contributed by atoms with Crippen LogP contribution in [0, 0.1) is 5.82 Å². The highest BCUT2D eigenvalue weighted by atomic mass is 19.1. The minimum absolute atomic E-state index is 0.0186. The van der Waals surface area contributed by atoms with Crippen LogP contribution in [0.4, 0.5) is 4.39 Å². The van der Waals surface area contributed by atoms with Crippen LogP contribution in [0.2, 0.25) is 0 Å². The van der Waals surface area contributed by atoms with Gasteiger partial charge in [0.2, 0.25) is 0 Å². The number of aromatic nitrogens is 2. The normalized spacial score (nSPS) is 12.7. The molecular weight excluding hydrogens is 315 g/mol. The number of rotatable bonds is 12. The van der Waals surface area contributed by atoms with E-state index in [0.29, 0.717) is 0 Å². The standard InChI is InChI=1S/C21H29FN2O/c1-2-3-4-5-6-7-16-25-21(17-24-15-14-23-18-24)13-10-19-8-11-20(22)12-9-19/h8-15,18,21H,2-7,16-17H2,1H3/b13-10+. The quantitative estimate of drug-likeness (QED) is 0.477. The molecule has 0 spiro atoms. The Morgan fingerprint density at radius 1 is 1.12 bits per heavy atom. The fraction of sp³-hybridized carbons (Fsp3) is 0.476. The van der Waals surface area contributed by atoms with Crippen molar-refractivity contribution in [2.45, 2.75) is 58.1 Å². The Hall–Kier alpha value is -1.94. The first-order valence-corrected chi connectivity index (χ1v) is 9.29. The molecule has 0 fully saturated rings. The highest BCUT2D eigenvalue weighted by molar-refractivity contribution is 5.49. The van der Waals surface area contributed by atoms with Gasteiger partial charge in [0.15, 0.2) is 0 Å². The average molecular weight is 344 g/mol. The number of unbranched alkanes of at least 4 members (excludes halogenated alkanes) is 5. The van der Waals surface area contributed by atoms with Crippen molar-refractivity contribution in [2.75, 3.05) is 6.61 Å². The Balaban J connectivity index is 1.81. The van der Waals surface area contributed by atoms with Gasteiger partial charge in [-0.2, -0.15) is 0 Å². The predicted octanol–water partition coefficient (Wildman–Crippen LogP) is 5.48. The largest absolute Gasteiger partial charge is 0.372 e. The minimum Gasteiger partial charge on any atom is -0.372 e. The van der Waals surface area contributed by atoms with Gasteiger partial charge < -0.3 is 9.30 Å². The Morgan fingerprint density at radius 3 is 2.60 bits per heavy atom. The summed E-state index contributed by atoms with van der Waals surface area (Å²) in [6.07, 6.45) is 17.0. The van der Waals surface area contributed by atoms with Crippen molar-refractivity contribution >= 4 is 6.08 Å². The number of benzene rings is 1. The first-order chi connectivity index (χ1) is 12.3. The zero-order chi connectivity index (χ0) is 17.7. The van der Waals surface area contributed by atoms with Crippen LogP contribution in [0.3, 0.4) is 0 Å². The van der Waals surface area contributed by atoms with Crippen LogP contribution in [-0.2, 0) is 11.3 Å². The van der Waals surface area contributed by atoms with Crippen molar-refractivity contribution in [2.24, 2.45) is 0 Å². The molecule has 0 saturated carbocycles. The monoisotopic (exact) mass is 344 g/mol. The van der Waals surface area contributed by atoms with Crippen LogP contribution in [0.15, 0.2) is 49.1 Å².